The monoisotopic (exact) mass is 496 g/mol. The molecule has 2 N–H and O–H groups in total. The number of anilines is 2. The van der Waals surface area contributed by atoms with Gasteiger partial charge < -0.3 is 10.6 Å². The Morgan fingerprint density at radius 1 is 0.759 bits per heavy atom. The summed E-state index contributed by atoms with van der Waals surface area (Å²) in [7, 11) is 0. The van der Waals surface area contributed by atoms with Gasteiger partial charge in [0.2, 0.25) is 11.8 Å². The van der Waals surface area contributed by atoms with Crippen molar-refractivity contribution in [1.82, 2.24) is 0 Å². The van der Waals surface area contributed by atoms with Gasteiger partial charge in [-0.15, -0.1) is 0 Å². The van der Waals surface area contributed by atoms with Gasteiger partial charge in [-0.05, 0) is 52.1 Å². The molecule has 4 rings (SSSR count). The van der Waals surface area contributed by atoms with Crippen LogP contribution in [-0.2, 0) is 9.59 Å². The lowest BCUT2D eigenvalue weighted by Crippen LogP contribution is -2.17. The summed E-state index contributed by atoms with van der Waals surface area (Å²) in [6.45, 7) is 3.04. The first-order valence-corrected chi connectivity index (χ1v) is 10.7. The Kier molecular flexibility index (Phi) is 5.41. The summed E-state index contributed by atoms with van der Waals surface area (Å²) in [5, 5.41) is 5.80. The Bertz CT molecular complexity index is 1100. The van der Waals surface area contributed by atoms with Crippen LogP contribution in [0.1, 0.15) is 40.4 Å². The van der Waals surface area contributed by atoms with E-state index in [9.17, 15) is 9.59 Å². The van der Waals surface area contributed by atoms with Gasteiger partial charge in [0.15, 0.2) is 0 Å². The molecule has 0 bridgehead atoms. The van der Waals surface area contributed by atoms with Crippen LogP contribution in [0.4, 0.5) is 11.4 Å². The summed E-state index contributed by atoms with van der Waals surface area (Å²) < 4.78 is 0.179. The predicted octanol–water partition coefficient (Wildman–Crippen LogP) is 5.89. The first-order chi connectivity index (χ1) is 13.9. The van der Waals surface area contributed by atoms with Crippen LogP contribution >= 0.6 is 22.6 Å². The molecule has 4 nitrogen and oxygen atoms in total. The maximum absolute atomic E-state index is 11.6. The molecule has 0 fully saturated rings. The van der Waals surface area contributed by atoms with Crippen LogP contribution in [-0.4, -0.2) is 11.8 Å². The number of carbonyl (C=O) groups excluding carboxylic acids is 2. The van der Waals surface area contributed by atoms with E-state index in [1.54, 1.807) is 0 Å². The van der Waals surface area contributed by atoms with Crippen molar-refractivity contribution < 1.29 is 9.59 Å². The Morgan fingerprint density at radius 2 is 1.28 bits per heavy atom. The minimum atomic E-state index is -0.0802. The normalized spacial score (nSPS) is 17.1. The van der Waals surface area contributed by atoms with Gasteiger partial charge in [0.1, 0.15) is 0 Å². The standard InChI is InChI=1S/C24H21IN2O2/c1-14(28)26-17-8-10-19-20-11-9-18(27-15(2)29)13-22(20)24(25)23(21(19)12-17)16-6-4-3-5-7-16/h3-13,23-24H,1-2H3,(H,26,28)(H,27,29). The van der Waals surface area contributed by atoms with Crippen LogP contribution in [0.25, 0.3) is 11.1 Å². The van der Waals surface area contributed by atoms with Gasteiger partial charge in [0, 0.05) is 35.1 Å². The highest BCUT2D eigenvalue weighted by Crippen LogP contribution is 2.53. The van der Waals surface area contributed by atoms with Crippen LogP contribution in [0.5, 0.6) is 0 Å². The molecular formula is C24H21IN2O2. The molecule has 3 aromatic rings. The van der Waals surface area contributed by atoms with E-state index >= 15 is 0 Å². The molecule has 0 aliphatic heterocycles. The Morgan fingerprint density at radius 3 is 1.83 bits per heavy atom. The van der Waals surface area contributed by atoms with E-state index < -0.39 is 0 Å². The smallest absolute Gasteiger partial charge is 0.221 e. The Hall–Kier alpha value is -2.67. The average Bonchev–Trinajstić information content (AvgIpc) is 2.68. The molecule has 5 heteroatoms. The zero-order valence-electron chi connectivity index (χ0n) is 16.2. The maximum atomic E-state index is 11.6. The molecule has 3 aromatic carbocycles. The molecule has 0 saturated heterocycles. The molecule has 0 saturated carbocycles. The van der Waals surface area contributed by atoms with Gasteiger partial charge in [-0.25, -0.2) is 0 Å². The fourth-order valence-electron chi connectivity index (χ4n) is 4.01. The highest BCUT2D eigenvalue weighted by atomic mass is 127. The zero-order valence-corrected chi connectivity index (χ0v) is 18.4. The third kappa shape index (κ3) is 3.92. The van der Waals surface area contributed by atoms with E-state index in [1.165, 1.54) is 30.5 Å². The van der Waals surface area contributed by atoms with E-state index in [0.717, 1.165) is 22.5 Å². The largest absolute Gasteiger partial charge is 0.326 e. The Labute approximate surface area is 183 Å². The molecule has 0 heterocycles. The molecule has 0 aromatic heterocycles. The maximum Gasteiger partial charge on any atom is 0.221 e. The second kappa shape index (κ2) is 7.99. The molecule has 1 aliphatic carbocycles. The molecular weight excluding hydrogens is 475 g/mol. The van der Waals surface area contributed by atoms with Crippen molar-refractivity contribution in [2.24, 2.45) is 0 Å². The molecule has 0 spiro atoms. The van der Waals surface area contributed by atoms with Gasteiger partial charge in [-0.3, -0.25) is 9.59 Å². The number of amides is 2. The summed E-state index contributed by atoms with van der Waals surface area (Å²) in [6.07, 6.45) is 0. The van der Waals surface area contributed by atoms with Gasteiger partial charge >= 0.3 is 0 Å². The lowest BCUT2D eigenvalue weighted by Gasteiger charge is -2.33. The molecule has 1 aliphatic rings. The summed E-state index contributed by atoms with van der Waals surface area (Å²) in [5.41, 5.74) is 7.55. The zero-order chi connectivity index (χ0) is 20.5. The highest BCUT2D eigenvalue weighted by Gasteiger charge is 2.33. The third-order valence-corrected chi connectivity index (χ3v) is 6.51. The van der Waals surface area contributed by atoms with Crippen molar-refractivity contribution in [3.8, 4) is 11.1 Å². The molecule has 2 atom stereocenters. The van der Waals surface area contributed by atoms with Crippen molar-refractivity contribution in [1.29, 1.82) is 0 Å². The van der Waals surface area contributed by atoms with Gasteiger partial charge in [0.25, 0.3) is 0 Å². The fourth-order valence-corrected chi connectivity index (χ4v) is 5.33. The van der Waals surface area contributed by atoms with Crippen molar-refractivity contribution >= 4 is 45.8 Å². The molecule has 29 heavy (non-hydrogen) atoms. The number of benzene rings is 3. The van der Waals surface area contributed by atoms with E-state index in [2.05, 4.69) is 81.8 Å². The van der Waals surface area contributed by atoms with E-state index in [1.807, 2.05) is 18.2 Å². The molecule has 146 valence electrons. The summed E-state index contributed by atoms with van der Waals surface area (Å²) in [4.78, 5) is 23.1. The van der Waals surface area contributed by atoms with Crippen LogP contribution in [0.15, 0.2) is 66.7 Å². The summed E-state index contributed by atoms with van der Waals surface area (Å²) in [6, 6.07) is 22.6. The number of carbonyl (C=O) groups is 2. The van der Waals surface area contributed by atoms with E-state index in [0.29, 0.717) is 0 Å². The van der Waals surface area contributed by atoms with Crippen LogP contribution in [0.3, 0.4) is 0 Å². The number of nitrogens with one attached hydrogen (secondary N) is 2. The first-order valence-electron chi connectivity index (χ1n) is 9.46. The predicted molar refractivity (Wildman–Crippen MR) is 126 cm³/mol. The lowest BCUT2D eigenvalue weighted by atomic mass is 9.75. The molecule has 0 radical (unpaired) electrons. The number of hydrogen-bond donors (Lipinski definition) is 2. The Balaban J connectivity index is 1.90. The number of fused-ring (bicyclic) bond motifs is 3. The van der Waals surface area contributed by atoms with Crippen LogP contribution < -0.4 is 10.6 Å². The SMILES string of the molecule is CC(=O)Nc1ccc2c(c1)C(I)C(c1ccccc1)c1cc(NC(C)=O)ccc1-2. The molecule has 2 unspecified atom stereocenters. The quantitative estimate of drug-likeness (QED) is 0.351. The van der Waals surface area contributed by atoms with Gasteiger partial charge in [-0.2, -0.15) is 0 Å². The topological polar surface area (TPSA) is 58.2 Å². The minimum Gasteiger partial charge on any atom is -0.326 e. The van der Waals surface area contributed by atoms with E-state index in [-0.39, 0.29) is 21.7 Å². The number of alkyl halides is 1. The van der Waals surface area contributed by atoms with Crippen LogP contribution in [0, 0.1) is 0 Å². The summed E-state index contributed by atoms with van der Waals surface area (Å²) in [5.74, 6) is -0.0188. The second-order valence-electron chi connectivity index (χ2n) is 7.26. The minimum absolute atomic E-state index is 0.0780. The first kappa shape index (κ1) is 19.6. The summed E-state index contributed by atoms with van der Waals surface area (Å²) >= 11 is 2.50. The second-order valence-corrected chi connectivity index (χ2v) is 8.60. The van der Waals surface area contributed by atoms with Crippen molar-refractivity contribution in [3.63, 3.8) is 0 Å². The van der Waals surface area contributed by atoms with Crippen LogP contribution in [0.2, 0.25) is 0 Å². The fraction of sp³-hybridized carbons (Fsp3) is 0.167. The van der Waals surface area contributed by atoms with Gasteiger partial charge in [0.05, 0.1) is 0 Å². The number of rotatable bonds is 3. The van der Waals surface area contributed by atoms with Crippen molar-refractivity contribution in [2.75, 3.05) is 10.6 Å². The third-order valence-electron chi connectivity index (χ3n) is 5.12. The molecule has 2 amide bonds. The average molecular weight is 496 g/mol. The lowest BCUT2D eigenvalue weighted by molar-refractivity contribution is -0.115. The van der Waals surface area contributed by atoms with Crippen molar-refractivity contribution in [3.05, 3.63) is 83.4 Å². The van der Waals surface area contributed by atoms with Crippen molar-refractivity contribution in [2.45, 2.75) is 23.7 Å². The van der Waals surface area contributed by atoms with Gasteiger partial charge in [-0.1, -0.05) is 65.1 Å². The number of hydrogen-bond acceptors (Lipinski definition) is 2. The van der Waals surface area contributed by atoms with E-state index in [4.69, 9.17) is 0 Å². The number of halogens is 1. The highest BCUT2D eigenvalue weighted by molar-refractivity contribution is 14.1.